The molecule has 8 heterocycles. The number of fused-ring (bicyclic) bond motifs is 8. The number of ether oxygens (including phenoxy) is 4. The number of aromatic nitrogens is 4. The summed E-state index contributed by atoms with van der Waals surface area (Å²) in [5.74, 6) is 3.57. The van der Waals surface area contributed by atoms with Crippen LogP contribution >= 0.6 is 0 Å². The Morgan fingerprint density at radius 2 is 0.768 bits per heavy atom. The van der Waals surface area contributed by atoms with Gasteiger partial charge in [0.2, 0.25) is 0 Å². The van der Waals surface area contributed by atoms with Gasteiger partial charge in [-0.2, -0.15) is 0 Å². The minimum absolute atomic E-state index is 0.111. The highest BCUT2D eigenvalue weighted by molar-refractivity contribution is 5.58. The molecule has 4 aliphatic rings. The van der Waals surface area contributed by atoms with Gasteiger partial charge < -0.3 is 38.9 Å². The van der Waals surface area contributed by atoms with Gasteiger partial charge in [0.1, 0.15) is 37.1 Å². The van der Waals surface area contributed by atoms with E-state index in [0.29, 0.717) is 52.1 Å². The third-order valence-electron chi connectivity index (χ3n) is 19.4. The quantitative estimate of drug-likeness (QED) is 0.130. The second kappa shape index (κ2) is 19.7. The lowest BCUT2D eigenvalue weighted by Crippen LogP contribution is -2.36. The summed E-state index contributed by atoms with van der Waals surface area (Å²) in [5, 5.41) is 0. The third kappa shape index (κ3) is 9.91. The molecule has 4 aliphatic heterocycles. The normalized spacial score (nSPS) is 23.3. The molecule has 4 N–H and O–H groups in total. The largest absolute Gasteiger partial charge is 0.497 e. The van der Waals surface area contributed by atoms with Crippen LogP contribution in [0.25, 0.3) is 0 Å². The highest BCUT2D eigenvalue weighted by Gasteiger charge is 2.44. The van der Waals surface area contributed by atoms with Gasteiger partial charge in [0.25, 0.3) is 0 Å². The first-order chi connectivity index (χ1) is 38.3. The van der Waals surface area contributed by atoms with Gasteiger partial charge in [-0.1, -0.05) is 138 Å². The second-order valence-electron chi connectivity index (χ2n) is 29.9. The Hall–Kier alpha value is -6.80. The molecule has 0 amide bonds. The molecule has 0 radical (unpaired) electrons. The van der Waals surface area contributed by atoms with Crippen LogP contribution in [0, 0.1) is 12.3 Å². The number of aromatic amines is 4. The van der Waals surface area contributed by atoms with E-state index in [-0.39, 0.29) is 21.7 Å². The lowest BCUT2D eigenvalue weighted by Gasteiger charge is -2.34. The lowest BCUT2D eigenvalue weighted by molar-refractivity contribution is 0.163. The first-order valence-electron chi connectivity index (χ1n) is 30.1. The van der Waals surface area contributed by atoms with Crippen LogP contribution < -0.4 is 14.2 Å². The molecule has 8 nitrogen and oxygen atoms in total. The maximum atomic E-state index is 7.85. The minimum atomic E-state index is -0.692. The van der Waals surface area contributed by atoms with Crippen molar-refractivity contribution in [2.24, 2.45) is 5.41 Å². The van der Waals surface area contributed by atoms with Crippen molar-refractivity contribution >= 4 is 0 Å². The Morgan fingerprint density at radius 1 is 0.439 bits per heavy atom. The van der Waals surface area contributed by atoms with Crippen LogP contribution in [0.4, 0.5) is 0 Å². The van der Waals surface area contributed by atoms with Crippen molar-refractivity contribution in [1.29, 1.82) is 0 Å². The summed E-state index contributed by atoms with van der Waals surface area (Å²) >= 11 is 0. The Labute approximate surface area is 490 Å². The molecule has 4 unspecified atom stereocenters. The molecular formula is C74H92N4O4. The number of hydrogen-bond acceptors (Lipinski definition) is 4. The topological polar surface area (TPSA) is 100 Å². The number of rotatable bonds is 2. The number of H-pyrrole nitrogens is 4. The van der Waals surface area contributed by atoms with Gasteiger partial charge in [-0.25, -0.2) is 0 Å². The molecule has 0 saturated heterocycles. The van der Waals surface area contributed by atoms with Crippen molar-refractivity contribution in [2.75, 3.05) is 26.4 Å². The first kappa shape index (κ1) is 57.0. The predicted octanol–water partition coefficient (Wildman–Crippen LogP) is 17.2. The molecule has 4 aromatic heterocycles. The van der Waals surface area contributed by atoms with E-state index in [9.17, 15) is 0 Å². The van der Waals surface area contributed by atoms with Crippen molar-refractivity contribution in [3.63, 3.8) is 0 Å². The molecule has 11 rings (SSSR count). The van der Waals surface area contributed by atoms with E-state index in [1.807, 2.05) is 6.08 Å². The Bertz CT molecular complexity index is 3700. The van der Waals surface area contributed by atoms with Crippen LogP contribution in [0.2, 0.25) is 0 Å². The molecule has 0 spiro atoms. The van der Waals surface area contributed by atoms with Gasteiger partial charge in [0.05, 0.1) is 34.0 Å². The fraction of sp³-hybridized carbons (Fsp3) is 0.459. The van der Waals surface area contributed by atoms with E-state index in [4.69, 9.17) is 18.9 Å². The molecule has 0 fully saturated rings. The number of hydrogen-bond donors (Lipinski definition) is 4. The van der Waals surface area contributed by atoms with Crippen LogP contribution in [0.1, 0.15) is 220 Å². The zero-order chi connectivity index (χ0) is 58.9. The van der Waals surface area contributed by atoms with Crippen LogP contribution in [-0.4, -0.2) is 46.4 Å². The van der Waals surface area contributed by atoms with Crippen molar-refractivity contribution in [1.82, 2.24) is 19.9 Å². The van der Waals surface area contributed by atoms with E-state index in [0.717, 1.165) is 113 Å². The summed E-state index contributed by atoms with van der Waals surface area (Å²) in [6.07, 6.45) is 6.79. The van der Waals surface area contributed by atoms with Gasteiger partial charge >= 0.3 is 0 Å². The average Bonchev–Trinajstić information content (AvgIpc) is 2.31. The van der Waals surface area contributed by atoms with Gasteiger partial charge in [0.15, 0.2) is 0 Å². The Morgan fingerprint density at radius 3 is 1.15 bits per heavy atom. The van der Waals surface area contributed by atoms with Gasteiger partial charge in [-0.15, -0.1) is 0 Å². The number of allylic oxidation sites excluding steroid dienone is 5. The van der Waals surface area contributed by atoms with Gasteiger partial charge in [-0.3, -0.25) is 0 Å². The van der Waals surface area contributed by atoms with Crippen LogP contribution in [0.3, 0.4) is 0 Å². The number of nitrogens with one attached hydrogen (secondary N) is 4. The molecule has 7 aromatic rings. The highest BCUT2D eigenvalue weighted by Crippen LogP contribution is 2.48. The summed E-state index contributed by atoms with van der Waals surface area (Å²) in [5.41, 5.74) is 18.0. The molecule has 8 heteroatoms. The van der Waals surface area contributed by atoms with E-state index in [1.54, 1.807) is 0 Å². The molecule has 4 atom stereocenters. The standard InChI is InChI=1S/C74H92N4O4/c1-20-52(67(4,5)6)35-46-32-48-37-54(69(10,11)12)38-49-34-51-40-55(70(13,14)15)39-50-33-47-36-53(68(7,8)9)31-44(2)64(47)81-42-73(18)61-26-25-59(77-61)72(17,41-80-45(46)3)58-23-21-56(75-58)71(16,29-30-79-65(48)49)57-22-24-60(76-57)74(19,43-82-66(50)51)63-28-27-62(73)78-63/h20-28,31,35-40,75-78H,1,29-30,32-34,41-43H2,2-19H3/b46-45?,52-35+. The van der Waals surface area contributed by atoms with Crippen molar-refractivity contribution in [3.8, 4) is 17.2 Å². The summed E-state index contributed by atoms with van der Waals surface area (Å²) in [6.45, 7) is 47.3. The summed E-state index contributed by atoms with van der Waals surface area (Å²) in [4.78, 5) is 16.5. The Balaban J connectivity index is 1.32. The van der Waals surface area contributed by atoms with E-state index in [1.165, 1.54) is 16.7 Å². The molecule has 0 saturated carbocycles. The number of benzene rings is 3. The third-order valence-corrected chi connectivity index (χ3v) is 19.4. The van der Waals surface area contributed by atoms with Crippen LogP contribution in [0.15, 0.2) is 121 Å². The second-order valence-corrected chi connectivity index (χ2v) is 29.9. The first-order valence-corrected chi connectivity index (χ1v) is 30.1. The summed E-state index contributed by atoms with van der Waals surface area (Å²) < 4.78 is 30.4. The average molecular weight is 1100 g/mol. The van der Waals surface area contributed by atoms with Gasteiger partial charge in [-0.05, 0) is 179 Å². The number of aryl methyl sites for hydroxylation is 1. The van der Waals surface area contributed by atoms with Crippen molar-refractivity contribution in [2.45, 2.75) is 188 Å². The SMILES string of the molecule is C=C/C(=C\C1=C(C)OCC2(C)c3ccc([nH]3)C3(C)CCOc4c(cc(C(C)(C)C)cc4Cc4cc(C(C)(C)C)cc5c4OCC(C)(c4ccc3[nH]4)c3ccc([nH]3)C(C)(COc3c(C)cc(C(C)(C)C)cc3C5)c3ccc2[nH]3)C1)C(C)(C)C. The maximum absolute atomic E-state index is 7.85. The van der Waals surface area contributed by atoms with Crippen molar-refractivity contribution < 1.29 is 18.9 Å². The smallest absolute Gasteiger partial charge is 0.126 e. The van der Waals surface area contributed by atoms with E-state index < -0.39 is 21.7 Å². The molecule has 82 heavy (non-hydrogen) atoms. The minimum Gasteiger partial charge on any atom is -0.497 e. The van der Waals surface area contributed by atoms with Crippen molar-refractivity contribution in [3.05, 3.63) is 216 Å². The fourth-order valence-corrected chi connectivity index (χ4v) is 13.2. The molecule has 432 valence electrons. The predicted molar refractivity (Wildman–Crippen MR) is 336 cm³/mol. The van der Waals surface area contributed by atoms with Crippen LogP contribution in [-0.2, 0) is 61.9 Å². The Kier molecular flexibility index (Phi) is 13.7. The fourth-order valence-electron chi connectivity index (χ4n) is 13.2. The monoisotopic (exact) mass is 1100 g/mol. The molecule has 0 aliphatic carbocycles. The van der Waals surface area contributed by atoms with E-state index >= 15 is 0 Å². The molecular weight excluding hydrogens is 1010 g/mol. The highest BCUT2D eigenvalue weighted by atomic mass is 16.5. The molecule has 3 aromatic carbocycles. The summed E-state index contributed by atoms with van der Waals surface area (Å²) in [6, 6.07) is 32.8. The van der Waals surface area contributed by atoms with Crippen LogP contribution in [0.5, 0.6) is 17.2 Å². The zero-order valence-electron chi connectivity index (χ0n) is 52.7. The lowest BCUT2D eigenvalue weighted by atomic mass is 9.80. The van der Waals surface area contributed by atoms with Gasteiger partial charge in [0, 0.05) is 64.8 Å². The van der Waals surface area contributed by atoms with E-state index in [2.05, 4.69) is 242 Å². The zero-order valence-corrected chi connectivity index (χ0v) is 52.7. The molecule has 14 bridgehead atoms. The maximum Gasteiger partial charge on any atom is 0.126 e. The summed E-state index contributed by atoms with van der Waals surface area (Å²) in [7, 11) is 0.